The van der Waals surface area contributed by atoms with E-state index >= 15 is 0 Å². The minimum atomic E-state index is -0.512. The van der Waals surface area contributed by atoms with E-state index in [-0.39, 0.29) is 6.04 Å². The Labute approximate surface area is 339 Å². The van der Waals surface area contributed by atoms with Gasteiger partial charge in [0, 0.05) is 5.56 Å². The highest BCUT2D eigenvalue weighted by Gasteiger charge is 2.52. The molecule has 3 aliphatic rings. The highest BCUT2D eigenvalue weighted by atomic mass is 14.8. The van der Waals surface area contributed by atoms with Crippen molar-refractivity contribution in [2.45, 2.75) is 24.8 Å². The number of benzene rings is 9. The maximum atomic E-state index is 5.77. The summed E-state index contributed by atoms with van der Waals surface area (Å²) in [4.78, 5) is 5.77. The van der Waals surface area contributed by atoms with Gasteiger partial charge in [-0.05, 0) is 130 Å². The quantitative estimate of drug-likeness (QED) is 0.126. The number of hydrogen-bond donors (Lipinski definition) is 0. The molecule has 272 valence electrons. The highest BCUT2D eigenvalue weighted by Crippen LogP contribution is 2.64. The number of aliphatic imine (C=N–C) groups is 1. The Morgan fingerprint density at radius 2 is 0.983 bits per heavy atom. The lowest BCUT2D eigenvalue weighted by atomic mass is 9.70. The molecular formula is C57H39N. The summed E-state index contributed by atoms with van der Waals surface area (Å²) >= 11 is 0. The molecule has 1 aliphatic heterocycles. The molecule has 0 amide bonds. The molecule has 12 rings (SSSR count). The minimum absolute atomic E-state index is 0.170. The van der Waals surface area contributed by atoms with Crippen LogP contribution in [0.3, 0.4) is 0 Å². The normalized spacial score (nSPS) is 18.0. The van der Waals surface area contributed by atoms with Gasteiger partial charge in [0.05, 0.1) is 17.2 Å². The monoisotopic (exact) mass is 737 g/mol. The SMILES string of the molecule is C=C1CC(c2ccccc2)=C(C)C(c2cccc3c2-c2ccccc2C32c3ccccc3-c3cc4c5ccccc5c5ccccc5c4cc32)=NC1c1ccccc1. The Kier molecular flexibility index (Phi) is 7.10. The van der Waals surface area contributed by atoms with Crippen LogP contribution in [0.5, 0.6) is 0 Å². The van der Waals surface area contributed by atoms with Crippen LogP contribution in [0.2, 0.25) is 0 Å². The molecule has 2 aliphatic carbocycles. The highest BCUT2D eigenvalue weighted by molar-refractivity contribution is 6.27. The summed E-state index contributed by atoms with van der Waals surface area (Å²) in [7, 11) is 0. The molecule has 9 aromatic carbocycles. The standard InChI is InChI=1S/C57H39N/c1-35-32-46(37-18-5-3-6-19-37)36(2)56(58-55(35)38-20-7-4-8-21-38)45-28-17-31-52-54(45)44-27-14-16-30-51(44)57(52)50-29-15-13-26-43(50)49-33-47-41-24-11-9-22-39(41)40-23-10-12-25-42(40)48(47)34-53(49)57/h3-31,33-34,55H,1,32H2,2H3. The summed E-state index contributed by atoms with van der Waals surface area (Å²) in [6.07, 6.45) is 0.758. The lowest BCUT2D eigenvalue weighted by Gasteiger charge is -2.31. The second-order valence-electron chi connectivity index (χ2n) is 16.2. The minimum Gasteiger partial charge on any atom is -0.272 e. The summed E-state index contributed by atoms with van der Waals surface area (Å²) in [5, 5.41) is 7.78. The van der Waals surface area contributed by atoms with Gasteiger partial charge in [0.2, 0.25) is 0 Å². The van der Waals surface area contributed by atoms with Crippen LogP contribution in [-0.4, -0.2) is 5.71 Å². The van der Waals surface area contributed by atoms with Gasteiger partial charge in [-0.3, -0.25) is 4.99 Å². The average molecular weight is 738 g/mol. The molecule has 1 nitrogen and oxygen atoms in total. The molecular weight excluding hydrogens is 699 g/mol. The van der Waals surface area contributed by atoms with Crippen molar-refractivity contribution in [1.82, 2.24) is 0 Å². The van der Waals surface area contributed by atoms with Crippen LogP contribution >= 0.6 is 0 Å². The van der Waals surface area contributed by atoms with Crippen LogP contribution in [0.4, 0.5) is 0 Å². The van der Waals surface area contributed by atoms with Crippen molar-refractivity contribution < 1.29 is 0 Å². The van der Waals surface area contributed by atoms with Crippen molar-refractivity contribution in [3.63, 3.8) is 0 Å². The number of rotatable bonds is 3. The van der Waals surface area contributed by atoms with Crippen molar-refractivity contribution in [1.29, 1.82) is 0 Å². The topological polar surface area (TPSA) is 12.4 Å². The number of fused-ring (bicyclic) bond motifs is 16. The molecule has 9 aromatic rings. The maximum Gasteiger partial charge on any atom is 0.0967 e. The molecule has 0 aromatic heterocycles. The van der Waals surface area contributed by atoms with E-state index in [9.17, 15) is 0 Å². The zero-order valence-electron chi connectivity index (χ0n) is 32.3. The summed E-state index contributed by atoms with van der Waals surface area (Å²) < 4.78 is 0. The first kappa shape index (κ1) is 33.1. The second kappa shape index (κ2) is 12.5. The van der Waals surface area contributed by atoms with E-state index in [1.807, 2.05) is 0 Å². The lowest BCUT2D eigenvalue weighted by Crippen LogP contribution is -2.26. The molecule has 1 heterocycles. The Morgan fingerprint density at radius 3 is 1.67 bits per heavy atom. The summed E-state index contributed by atoms with van der Waals surface area (Å²) in [6, 6.07) is 69.6. The molecule has 2 unspecified atom stereocenters. The van der Waals surface area contributed by atoms with Gasteiger partial charge in [-0.1, -0.05) is 183 Å². The first-order chi connectivity index (χ1) is 28.6. The van der Waals surface area contributed by atoms with Gasteiger partial charge in [0.25, 0.3) is 0 Å². The van der Waals surface area contributed by atoms with Crippen molar-refractivity contribution >= 4 is 43.6 Å². The molecule has 0 fully saturated rings. The van der Waals surface area contributed by atoms with E-state index in [0.717, 1.165) is 17.7 Å². The third-order valence-corrected chi connectivity index (χ3v) is 13.3. The Balaban J connectivity index is 1.19. The van der Waals surface area contributed by atoms with Crippen LogP contribution in [0, 0.1) is 0 Å². The number of allylic oxidation sites excluding steroid dienone is 2. The zero-order chi connectivity index (χ0) is 38.5. The zero-order valence-corrected chi connectivity index (χ0v) is 32.3. The fourth-order valence-corrected chi connectivity index (χ4v) is 10.9. The van der Waals surface area contributed by atoms with Gasteiger partial charge in [-0.25, -0.2) is 0 Å². The Morgan fingerprint density at radius 1 is 0.466 bits per heavy atom. The van der Waals surface area contributed by atoms with E-state index in [0.29, 0.717) is 0 Å². The van der Waals surface area contributed by atoms with Crippen molar-refractivity contribution in [2.75, 3.05) is 0 Å². The molecule has 0 radical (unpaired) electrons. The molecule has 0 saturated carbocycles. The number of nitrogens with zero attached hydrogens (tertiary/aromatic N) is 1. The van der Waals surface area contributed by atoms with Gasteiger partial charge in [0.1, 0.15) is 0 Å². The summed E-state index contributed by atoms with van der Waals surface area (Å²) in [5.74, 6) is 0. The molecule has 1 spiro atoms. The average Bonchev–Trinajstić information content (AvgIpc) is 3.70. The lowest BCUT2D eigenvalue weighted by molar-refractivity contribution is 0.795. The van der Waals surface area contributed by atoms with E-state index in [2.05, 4.69) is 195 Å². The van der Waals surface area contributed by atoms with Crippen LogP contribution in [0.15, 0.2) is 211 Å². The predicted octanol–water partition coefficient (Wildman–Crippen LogP) is 14.5. The molecule has 58 heavy (non-hydrogen) atoms. The van der Waals surface area contributed by atoms with Gasteiger partial charge < -0.3 is 0 Å². The predicted molar refractivity (Wildman–Crippen MR) is 244 cm³/mol. The Hall–Kier alpha value is -7.09. The fourth-order valence-electron chi connectivity index (χ4n) is 10.9. The molecule has 1 heteroatoms. The van der Waals surface area contributed by atoms with Gasteiger partial charge in [-0.2, -0.15) is 0 Å². The van der Waals surface area contributed by atoms with Crippen molar-refractivity contribution in [3.8, 4) is 22.3 Å². The van der Waals surface area contributed by atoms with Crippen molar-refractivity contribution in [2.24, 2.45) is 4.99 Å². The Bertz CT molecular complexity index is 3270. The van der Waals surface area contributed by atoms with Crippen LogP contribution in [0.1, 0.15) is 58.3 Å². The largest absolute Gasteiger partial charge is 0.272 e. The van der Waals surface area contributed by atoms with Crippen LogP contribution in [0.25, 0.3) is 60.1 Å². The van der Waals surface area contributed by atoms with E-state index < -0.39 is 5.41 Å². The van der Waals surface area contributed by atoms with Crippen LogP contribution in [-0.2, 0) is 5.41 Å². The first-order valence-electron chi connectivity index (χ1n) is 20.4. The van der Waals surface area contributed by atoms with Gasteiger partial charge in [0.15, 0.2) is 0 Å². The smallest absolute Gasteiger partial charge is 0.0967 e. The number of hydrogen-bond acceptors (Lipinski definition) is 1. The van der Waals surface area contributed by atoms with Crippen LogP contribution < -0.4 is 0 Å². The van der Waals surface area contributed by atoms with E-state index in [1.165, 1.54) is 105 Å². The van der Waals surface area contributed by atoms with E-state index in [4.69, 9.17) is 11.6 Å². The molecule has 0 saturated heterocycles. The second-order valence-corrected chi connectivity index (χ2v) is 16.2. The van der Waals surface area contributed by atoms with Gasteiger partial charge in [-0.15, -0.1) is 0 Å². The van der Waals surface area contributed by atoms with Crippen molar-refractivity contribution in [3.05, 3.63) is 245 Å². The first-order valence-corrected chi connectivity index (χ1v) is 20.4. The summed E-state index contributed by atoms with van der Waals surface area (Å²) in [5.41, 5.74) is 18.2. The fraction of sp³-hybridized carbons (Fsp3) is 0.0702. The molecule has 2 atom stereocenters. The van der Waals surface area contributed by atoms with E-state index in [1.54, 1.807) is 0 Å². The third-order valence-electron chi connectivity index (χ3n) is 13.3. The molecule has 0 bridgehead atoms. The summed E-state index contributed by atoms with van der Waals surface area (Å²) in [6.45, 7) is 6.99. The third kappa shape index (κ3) is 4.45. The van der Waals surface area contributed by atoms with Gasteiger partial charge >= 0.3 is 0 Å². The molecule has 0 N–H and O–H groups in total. The maximum absolute atomic E-state index is 5.77.